The first-order valence-corrected chi connectivity index (χ1v) is 7.63. The summed E-state index contributed by atoms with van der Waals surface area (Å²) in [6, 6.07) is 0. The lowest BCUT2D eigenvalue weighted by molar-refractivity contribution is 0.576. The number of nitrogens with one attached hydrogen (secondary N) is 2. The standard InChI is InChI=1S/C11H18N6O2S/c1-8-10(5-12)11(16-15-8)20(18,19)14-4-3-9-6-13-17(2)7-9/h6-7,14H,3-5,12H2,1-2H3,(H,15,16). The quantitative estimate of drug-likeness (QED) is 0.660. The van der Waals surface area contributed by atoms with E-state index in [0.717, 1.165) is 5.56 Å². The van der Waals surface area contributed by atoms with Gasteiger partial charge in [0.1, 0.15) is 0 Å². The summed E-state index contributed by atoms with van der Waals surface area (Å²) in [7, 11) is -1.83. The van der Waals surface area contributed by atoms with Crippen molar-refractivity contribution in [3.8, 4) is 0 Å². The lowest BCUT2D eigenvalue weighted by Gasteiger charge is -2.05. The minimum Gasteiger partial charge on any atom is -0.326 e. The van der Waals surface area contributed by atoms with Crippen LogP contribution in [-0.2, 0) is 30.0 Å². The van der Waals surface area contributed by atoms with Gasteiger partial charge in [-0.15, -0.1) is 0 Å². The van der Waals surface area contributed by atoms with Crippen molar-refractivity contribution in [2.75, 3.05) is 6.54 Å². The summed E-state index contributed by atoms with van der Waals surface area (Å²) >= 11 is 0. The molecule has 2 aromatic rings. The van der Waals surface area contributed by atoms with Crippen molar-refractivity contribution in [1.29, 1.82) is 0 Å². The molecule has 0 radical (unpaired) electrons. The van der Waals surface area contributed by atoms with Gasteiger partial charge in [-0.3, -0.25) is 9.78 Å². The van der Waals surface area contributed by atoms with Crippen molar-refractivity contribution in [1.82, 2.24) is 24.7 Å². The predicted octanol–water partition coefficient (Wildman–Crippen LogP) is -0.569. The average Bonchev–Trinajstić information content (AvgIpc) is 2.95. The molecule has 0 spiro atoms. The molecule has 0 saturated carbocycles. The van der Waals surface area contributed by atoms with E-state index in [0.29, 0.717) is 17.7 Å². The molecule has 0 unspecified atom stereocenters. The minimum absolute atomic E-state index is 0.0244. The van der Waals surface area contributed by atoms with Gasteiger partial charge in [0.15, 0.2) is 5.03 Å². The van der Waals surface area contributed by atoms with Gasteiger partial charge in [0, 0.05) is 37.6 Å². The van der Waals surface area contributed by atoms with E-state index in [4.69, 9.17) is 5.73 Å². The average molecular weight is 298 g/mol. The van der Waals surface area contributed by atoms with Crippen LogP contribution in [-0.4, -0.2) is 34.9 Å². The molecule has 2 rings (SSSR count). The van der Waals surface area contributed by atoms with Crippen LogP contribution < -0.4 is 10.5 Å². The first-order valence-electron chi connectivity index (χ1n) is 6.15. The van der Waals surface area contributed by atoms with Crippen molar-refractivity contribution in [3.63, 3.8) is 0 Å². The highest BCUT2D eigenvalue weighted by Crippen LogP contribution is 2.15. The molecule has 0 aliphatic rings. The molecule has 9 heteroatoms. The lowest BCUT2D eigenvalue weighted by atomic mass is 10.3. The number of hydrogen-bond acceptors (Lipinski definition) is 5. The first kappa shape index (κ1) is 14.7. The number of nitrogens with zero attached hydrogens (tertiary/aromatic N) is 3. The van der Waals surface area contributed by atoms with Gasteiger partial charge < -0.3 is 5.73 Å². The summed E-state index contributed by atoms with van der Waals surface area (Å²) in [5, 5.41) is 10.5. The third-order valence-corrected chi connectivity index (χ3v) is 4.39. The van der Waals surface area contributed by atoms with Crippen LogP contribution in [0.2, 0.25) is 0 Å². The van der Waals surface area contributed by atoms with Gasteiger partial charge in [0.25, 0.3) is 10.0 Å². The zero-order valence-corrected chi connectivity index (χ0v) is 12.2. The predicted molar refractivity (Wildman–Crippen MR) is 73.3 cm³/mol. The fraction of sp³-hybridized carbons (Fsp3) is 0.455. The third kappa shape index (κ3) is 3.06. The molecule has 0 aliphatic carbocycles. The van der Waals surface area contributed by atoms with Crippen LogP contribution in [0.4, 0.5) is 0 Å². The normalized spacial score (nSPS) is 11.9. The fourth-order valence-corrected chi connectivity index (χ4v) is 3.13. The number of hydrogen-bond donors (Lipinski definition) is 3. The lowest BCUT2D eigenvalue weighted by Crippen LogP contribution is -2.27. The van der Waals surface area contributed by atoms with E-state index in [-0.39, 0.29) is 18.1 Å². The molecule has 2 heterocycles. The SMILES string of the molecule is Cc1[nH]nc(S(=O)(=O)NCCc2cnn(C)c2)c1CN. The van der Waals surface area contributed by atoms with E-state index in [1.807, 2.05) is 13.2 Å². The number of sulfonamides is 1. The number of nitrogens with two attached hydrogens (primary N) is 1. The molecule has 0 atom stereocenters. The first-order chi connectivity index (χ1) is 9.44. The number of H-pyrrole nitrogens is 1. The summed E-state index contributed by atoms with van der Waals surface area (Å²) in [4.78, 5) is 0. The summed E-state index contributed by atoms with van der Waals surface area (Å²) in [6.07, 6.45) is 4.12. The minimum atomic E-state index is -3.65. The van der Waals surface area contributed by atoms with Crippen LogP contribution in [0.5, 0.6) is 0 Å². The molecule has 20 heavy (non-hydrogen) atoms. The maximum absolute atomic E-state index is 12.2. The van der Waals surface area contributed by atoms with E-state index < -0.39 is 10.0 Å². The van der Waals surface area contributed by atoms with Crippen molar-refractivity contribution in [3.05, 3.63) is 29.2 Å². The molecule has 0 aromatic carbocycles. The van der Waals surface area contributed by atoms with Crippen molar-refractivity contribution in [2.24, 2.45) is 12.8 Å². The van der Waals surface area contributed by atoms with E-state index in [1.165, 1.54) is 0 Å². The van der Waals surface area contributed by atoms with E-state index in [9.17, 15) is 8.42 Å². The Hall–Kier alpha value is -1.71. The highest BCUT2D eigenvalue weighted by atomic mass is 32.2. The van der Waals surface area contributed by atoms with Crippen LogP contribution in [0.25, 0.3) is 0 Å². The van der Waals surface area contributed by atoms with Crippen LogP contribution >= 0.6 is 0 Å². The summed E-state index contributed by atoms with van der Waals surface area (Å²) in [6.45, 7) is 2.15. The molecule has 0 fully saturated rings. The molecule has 8 nitrogen and oxygen atoms in total. The molecule has 0 saturated heterocycles. The Morgan fingerprint density at radius 2 is 2.25 bits per heavy atom. The maximum Gasteiger partial charge on any atom is 0.260 e. The van der Waals surface area contributed by atoms with Crippen LogP contribution in [0, 0.1) is 6.92 Å². The second-order valence-electron chi connectivity index (χ2n) is 4.51. The number of rotatable bonds is 6. The van der Waals surface area contributed by atoms with E-state index >= 15 is 0 Å². The van der Waals surface area contributed by atoms with Crippen molar-refractivity contribution >= 4 is 10.0 Å². The van der Waals surface area contributed by atoms with Gasteiger partial charge in [-0.1, -0.05) is 0 Å². The highest BCUT2D eigenvalue weighted by Gasteiger charge is 2.22. The van der Waals surface area contributed by atoms with Crippen LogP contribution in [0.3, 0.4) is 0 Å². The van der Waals surface area contributed by atoms with Gasteiger partial charge in [0.05, 0.1) is 6.20 Å². The summed E-state index contributed by atoms with van der Waals surface area (Å²) < 4.78 is 28.5. The van der Waals surface area contributed by atoms with Gasteiger partial charge in [-0.05, 0) is 18.9 Å². The van der Waals surface area contributed by atoms with Crippen molar-refractivity contribution < 1.29 is 8.42 Å². The molecule has 0 amide bonds. The Balaban J connectivity index is 2.04. The molecule has 2 aromatic heterocycles. The Labute approximate surface area is 117 Å². The summed E-state index contributed by atoms with van der Waals surface area (Å²) in [5.41, 5.74) is 7.70. The second kappa shape index (κ2) is 5.73. The fourth-order valence-electron chi connectivity index (χ4n) is 1.89. The van der Waals surface area contributed by atoms with Gasteiger partial charge in [0.2, 0.25) is 0 Å². The number of aryl methyl sites for hydroxylation is 2. The highest BCUT2D eigenvalue weighted by molar-refractivity contribution is 7.89. The van der Waals surface area contributed by atoms with Crippen LogP contribution in [0.15, 0.2) is 17.4 Å². The van der Waals surface area contributed by atoms with Gasteiger partial charge in [-0.2, -0.15) is 10.2 Å². The zero-order valence-electron chi connectivity index (χ0n) is 11.4. The number of aromatic amines is 1. The Kier molecular flexibility index (Phi) is 4.21. The molecular weight excluding hydrogens is 280 g/mol. The van der Waals surface area contributed by atoms with Crippen molar-refractivity contribution in [2.45, 2.75) is 24.9 Å². The molecule has 0 bridgehead atoms. The molecule has 0 aliphatic heterocycles. The maximum atomic E-state index is 12.2. The topological polar surface area (TPSA) is 119 Å². The Bertz CT molecular complexity index is 688. The molecular formula is C11H18N6O2S. The number of aromatic nitrogens is 4. The van der Waals surface area contributed by atoms with E-state index in [1.54, 1.807) is 17.8 Å². The van der Waals surface area contributed by atoms with Crippen LogP contribution in [0.1, 0.15) is 16.8 Å². The zero-order chi connectivity index (χ0) is 14.8. The second-order valence-corrected chi connectivity index (χ2v) is 6.19. The monoisotopic (exact) mass is 298 g/mol. The molecule has 4 N–H and O–H groups in total. The van der Waals surface area contributed by atoms with E-state index in [2.05, 4.69) is 20.0 Å². The smallest absolute Gasteiger partial charge is 0.260 e. The third-order valence-electron chi connectivity index (χ3n) is 2.96. The molecule has 110 valence electrons. The van der Waals surface area contributed by atoms with Gasteiger partial charge in [-0.25, -0.2) is 13.1 Å². The largest absolute Gasteiger partial charge is 0.326 e. The summed E-state index contributed by atoms with van der Waals surface area (Å²) in [5.74, 6) is 0. The Morgan fingerprint density at radius 1 is 1.50 bits per heavy atom. The van der Waals surface area contributed by atoms with Gasteiger partial charge >= 0.3 is 0 Å². The Morgan fingerprint density at radius 3 is 2.85 bits per heavy atom.